The zero-order chi connectivity index (χ0) is 13.0. The molecule has 1 heterocycles. The number of pyridine rings is 1. The molecule has 2 aromatic rings. The third-order valence-electron chi connectivity index (χ3n) is 2.69. The lowest BCUT2D eigenvalue weighted by Gasteiger charge is -2.24. The van der Waals surface area contributed by atoms with Gasteiger partial charge >= 0.3 is 0 Å². The average Bonchev–Trinajstić information content (AvgIpc) is 2.42. The number of halogens is 2. The van der Waals surface area contributed by atoms with Crippen molar-refractivity contribution in [1.29, 1.82) is 0 Å². The van der Waals surface area contributed by atoms with Gasteiger partial charge in [-0.15, -0.1) is 11.6 Å². The second kappa shape index (κ2) is 6.21. The Morgan fingerprint density at radius 1 is 1.28 bits per heavy atom. The molecule has 94 valence electrons. The van der Waals surface area contributed by atoms with Crippen molar-refractivity contribution in [2.24, 2.45) is 0 Å². The van der Waals surface area contributed by atoms with Gasteiger partial charge in [0.15, 0.2) is 0 Å². The third kappa shape index (κ3) is 2.85. The SMILES string of the molecule is CCN(c1ccccc1)c1ncc(Br)cc1CCl. The predicted molar refractivity (Wildman–Crippen MR) is 80.6 cm³/mol. The van der Waals surface area contributed by atoms with Gasteiger partial charge in [0.2, 0.25) is 0 Å². The second-order valence-electron chi connectivity index (χ2n) is 3.85. The Morgan fingerprint density at radius 3 is 2.61 bits per heavy atom. The van der Waals surface area contributed by atoms with Gasteiger partial charge in [0.05, 0.1) is 5.88 Å². The number of aromatic nitrogens is 1. The van der Waals surface area contributed by atoms with Gasteiger partial charge in [-0.05, 0) is 41.1 Å². The first-order valence-electron chi connectivity index (χ1n) is 5.79. The molecule has 4 heteroatoms. The number of hydrogen-bond donors (Lipinski definition) is 0. The first kappa shape index (κ1) is 13.4. The Balaban J connectivity index is 2.45. The highest BCUT2D eigenvalue weighted by Gasteiger charge is 2.13. The van der Waals surface area contributed by atoms with E-state index in [0.717, 1.165) is 28.1 Å². The van der Waals surface area contributed by atoms with Crippen molar-refractivity contribution in [3.8, 4) is 0 Å². The highest BCUT2D eigenvalue weighted by Crippen LogP contribution is 2.28. The van der Waals surface area contributed by atoms with E-state index in [1.165, 1.54) is 0 Å². The Kier molecular flexibility index (Phi) is 4.61. The van der Waals surface area contributed by atoms with Crippen molar-refractivity contribution >= 4 is 39.0 Å². The van der Waals surface area contributed by atoms with Crippen LogP contribution in [0.1, 0.15) is 12.5 Å². The summed E-state index contributed by atoms with van der Waals surface area (Å²) >= 11 is 9.43. The van der Waals surface area contributed by atoms with E-state index in [9.17, 15) is 0 Å². The number of benzene rings is 1. The molecule has 0 aliphatic heterocycles. The Hall–Kier alpha value is -1.06. The topological polar surface area (TPSA) is 16.1 Å². The van der Waals surface area contributed by atoms with Crippen LogP contribution in [0.4, 0.5) is 11.5 Å². The first-order chi connectivity index (χ1) is 8.76. The number of alkyl halides is 1. The molecule has 0 atom stereocenters. The van der Waals surface area contributed by atoms with Crippen LogP contribution in [0.25, 0.3) is 0 Å². The van der Waals surface area contributed by atoms with Crippen LogP contribution >= 0.6 is 27.5 Å². The van der Waals surface area contributed by atoms with Gasteiger partial charge in [0.25, 0.3) is 0 Å². The van der Waals surface area contributed by atoms with Crippen LogP contribution in [-0.4, -0.2) is 11.5 Å². The summed E-state index contributed by atoms with van der Waals surface area (Å²) in [6, 6.07) is 12.2. The summed E-state index contributed by atoms with van der Waals surface area (Å²) in [7, 11) is 0. The average molecular weight is 326 g/mol. The Bertz CT molecular complexity index is 516. The molecular formula is C14H14BrClN2. The Labute approximate surface area is 121 Å². The molecule has 0 saturated carbocycles. The van der Waals surface area contributed by atoms with Crippen molar-refractivity contribution in [3.05, 3.63) is 52.6 Å². The highest BCUT2D eigenvalue weighted by molar-refractivity contribution is 9.10. The summed E-state index contributed by atoms with van der Waals surface area (Å²) in [4.78, 5) is 6.65. The van der Waals surface area contributed by atoms with E-state index in [2.05, 4.69) is 44.9 Å². The largest absolute Gasteiger partial charge is 0.326 e. The van der Waals surface area contributed by atoms with E-state index in [1.807, 2.05) is 24.3 Å². The lowest BCUT2D eigenvalue weighted by Crippen LogP contribution is -2.18. The number of anilines is 2. The van der Waals surface area contributed by atoms with Crippen LogP contribution in [0, 0.1) is 0 Å². The quantitative estimate of drug-likeness (QED) is 0.755. The molecule has 0 saturated heterocycles. The fraction of sp³-hybridized carbons (Fsp3) is 0.214. The smallest absolute Gasteiger partial charge is 0.137 e. The summed E-state index contributed by atoms with van der Waals surface area (Å²) in [6.45, 7) is 2.96. The molecule has 2 rings (SSSR count). The highest BCUT2D eigenvalue weighted by atomic mass is 79.9. The summed E-state index contributed by atoms with van der Waals surface area (Å²) in [6.07, 6.45) is 1.80. The minimum Gasteiger partial charge on any atom is -0.326 e. The number of para-hydroxylation sites is 1. The molecule has 2 nitrogen and oxygen atoms in total. The van der Waals surface area contributed by atoms with E-state index in [1.54, 1.807) is 6.20 Å². The molecule has 0 unspecified atom stereocenters. The lowest BCUT2D eigenvalue weighted by molar-refractivity contribution is 0.974. The van der Waals surface area contributed by atoms with Gasteiger partial charge < -0.3 is 4.90 Å². The standard InChI is InChI=1S/C14H14BrClN2/c1-2-18(13-6-4-3-5-7-13)14-11(9-16)8-12(15)10-17-14/h3-8,10H,2,9H2,1H3. The summed E-state index contributed by atoms with van der Waals surface area (Å²) in [5.74, 6) is 1.37. The molecule has 0 aliphatic carbocycles. The molecule has 0 radical (unpaired) electrons. The maximum atomic E-state index is 6.01. The van der Waals surface area contributed by atoms with E-state index in [4.69, 9.17) is 11.6 Å². The van der Waals surface area contributed by atoms with Crippen LogP contribution < -0.4 is 4.90 Å². The number of rotatable bonds is 4. The van der Waals surface area contributed by atoms with Crippen LogP contribution in [0.3, 0.4) is 0 Å². The Morgan fingerprint density at radius 2 is 2.00 bits per heavy atom. The third-order valence-corrected chi connectivity index (χ3v) is 3.41. The normalized spacial score (nSPS) is 10.4. The molecule has 0 spiro atoms. The molecule has 0 bridgehead atoms. The predicted octanol–water partition coefficient (Wildman–Crippen LogP) is 4.74. The lowest BCUT2D eigenvalue weighted by atomic mass is 10.2. The minimum atomic E-state index is 0.450. The van der Waals surface area contributed by atoms with Gasteiger partial charge in [-0.3, -0.25) is 0 Å². The number of hydrogen-bond acceptors (Lipinski definition) is 2. The van der Waals surface area contributed by atoms with E-state index in [-0.39, 0.29) is 0 Å². The molecule has 18 heavy (non-hydrogen) atoms. The van der Waals surface area contributed by atoms with Crippen molar-refractivity contribution in [2.75, 3.05) is 11.4 Å². The summed E-state index contributed by atoms with van der Waals surface area (Å²) < 4.78 is 0.950. The van der Waals surface area contributed by atoms with Crippen molar-refractivity contribution in [2.45, 2.75) is 12.8 Å². The first-order valence-corrected chi connectivity index (χ1v) is 7.12. The van der Waals surface area contributed by atoms with Crippen molar-refractivity contribution in [3.63, 3.8) is 0 Å². The number of nitrogens with zero attached hydrogens (tertiary/aromatic N) is 2. The fourth-order valence-electron chi connectivity index (χ4n) is 1.88. The fourth-order valence-corrected chi connectivity index (χ4v) is 2.45. The van der Waals surface area contributed by atoms with E-state index >= 15 is 0 Å². The maximum Gasteiger partial charge on any atom is 0.137 e. The van der Waals surface area contributed by atoms with Crippen LogP contribution in [-0.2, 0) is 5.88 Å². The molecule has 1 aromatic heterocycles. The molecule has 0 N–H and O–H groups in total. The zero-order valence-electron chi connectivity index (χ0n) is 10.1. The monoisotopic (exact) mass is 324 g/mol. The molecular weight excluding hydrogens is 312 g/mol. The van der Waals surface area contributed by atoms with Crippen LogP contribution in [0.15, 0.2) is 47.1 Å². The summed E-state index contributed by atoms with van der Waals surface area (Å²) in [5, 5.41) is 0. The zero-order valence-corrected chi connectivity index (χ0v) is 12.4. The van der Waals surface area contributed by atoms with E-state index < -0.39 is 0 Å². The minimum absolute atomic E-state index is 0.450. The van der Waals surface area contributed by atoms with Gasteiger partial charge in [0.1, 0.15) is 5.82 Å². The van der Waals surface area contributed by atoms with Gasteiger partial charge in [0, 0.05) is 28.5 Å². The van der Waals surface area contributed by atoms with Crippen LogP contribution in [0.2, 0.25) is 0 Å². The van der Waals surface area contributed by atoms with Gasteiger partial charge in [-0.25, -0.2) is 4.98 Å². The molecule has 1 aromatic carbocycles. The van der Waals surface area contributed by atoms with E-state index in [0.29, 0.717) is 5.88 Å². The molecule has 0 fully saturated rings. The van der Waals surface area contributed by atoms with Gasteiger partial charge in [-0.1, -0.05) is 18.2 Å². The van der Waals surface area contributed by atoms with Gasteiger partial charge in [-0.2, -0.15) is 0 Å². The molecule has 0 amide bonds. The second-order valence-corrected chi connectivity index (χ2v) is 5.03. The van der Waals surface area contributed by atoms with Crippen LogP contribution in [0.5, 0.6) is 0 Å². The van der Waals surface area contributed by atoms with Crippen molar-refractivity contribution < 1.29 is 0 Å². The summed E-state index contributed by atoms with van der Waals surface area (Å²) in [5.41, 5.74) is 2.15. The molecule has 0 aliphatic rings. The van der Waals surface area contributed by atoms with Crippen molar-refractivity contribution in [1.82, 2.24) is 4.98 Å². The maximum absolute atomic E-state index is 6.01.